The van der Waals surface area contributed by atoms with Gasteiger partial charge >= 0.3 is 18.0 Å². The molecule has 0 fully saturated rings. The second kappa shape index (κ2) is 29.2. The smallest absolute Gasteiger partial charge is 0.320 e. The highest BCUT2D eigenvalue weighted by molar-refractivity contribution is 6.28. The number of hydrogen-bond acceptors (Lipinski definition) is 18. The molecule has 18 heteroatoms. The summed E-state index contributed by atoms with van der Waals surface area (Å²) in [7, 11) is 6.30. The van der Waals surface area contributed by atoms with Crippen molar-refractivity contribution in [2.45, 2.75) is 26.9 Å². The Hall–Kier alpha value is -14.1. The molecule has 0 unspecified atom stereocenters. The predicted molar refractivity (Wildman–Crippen MR) is 427 cm³/mol. The number of nitrogens with zero attached hydrogens (tertiary/aromatic N) is 9. The van der Waals surface area contributed by atoms with E-state index in [9.17, 15) is 15.3 Å². The van der Waals surface area contributed by atoms with Crippen LogP contribution in [0.4, 0.5) is 0 Å². The lowest BCUT2D eigenvalue weighted by atomic mass is 9.88. The van der Waals surface area contributed by atoms with Crippen LogP contribution in [0.3, 0.4) is 0 Å². The minimum Gasteiger partial charge on any atom is -0.507 e. The molecule has 0 aliphatic carbocycles. The van der Waals surface area contributed by atoms with E-state index in [0.717, 1.165) is 92.8 Å². The summed E-state index contributed by atoms with van der Waals surface area (Å²) < 4.78 is 33.0. The zero-order valence-electron chi connectivity index (χ0n) is 59.8. The van der Waals surface area contributed by atoms with E-state index >= 15 is 0 Å². The average molecular weight is 1420 g/mol. The third-order valence-corrected chi connectivity index (χ3v) is 19.0. The first kappa shape index (κ1) is 68.3. The van der Waals surface area contributed by atoms with E-state index in [-0.39, 0.29) is 41.4 Å². The van der Waals surface area contributed by atoms with Crippen LogP contribution in [0.2, 0.25) is 0 Å². The Labute approximate surface area is 620 Å². The topological polar surface area (TPSA) is 232 Å². The molecule has 0 spiro atoms. The number of para-hydroxylation sites is 2. The predicted octanol–water partition coefficient (Wildman–Crippen LogP) is 20.3. The van der Waals surface area contributed by atoms with E-state index in [1.54, 1.807) is 63.8 Å². The average Bonchev–Trinajstić information content (AvgIpc) is 0.728. The molecule has 3 aromatic heterocycles. The van der Waals surface area contributed by atoms with Crippen molar-refractivity contribution in [1.29, 1.82) is 0 Å². The van der Waals surface area contributed by atoms with E-state index in [1.165, 1.54) is 46.2 Å². The van der Waals surface area contributed by atoms with Crippen molar-refractivity contribution < 1.29 is 43.7 Å². The molecule has 0 saturated carbocycles. The Morgan fingerprint density at radius 3 is 1.36 bits per heavy atom. The van der Waals surface area contributed by atoms with Gasteiger partial charge in [0.15, 0.2) is 34.9 Å². The molecule has 18 rings (SSSR count). The van der Waals surface area contributed by atoms with Gasteiger partial charge < -0.3 is 43.7 Å². The highest BCUT2D eigenvalue weighted by Crippen LogP contribution is 2.45. The van der Waals surface area contributed by atoms with Crippen molar-refractivity contribution in [3.8, 4) is 132 Å². The van der Waals surface area contributed by atoms with Gasteiger partial charge in [-0.25, -0.2) is 15.0 Å². The van der Waals surface area contributed by atoms with Gasteiger partial charge in [-0.05, 0) is 185 Å². The normalized spacial score (nSPS) is 11.3. The molecule has 18 nitrogen and oxygen atoms in total. The van der Waals surface area contributed by atoms with Gasteiger partial charge in [0.25, 0.3) is 0 Å². The lowest BCUT2D eigenvalue weighted by Gasteiger charge is -2.17. The molecule has 0 amide bonds. The lowest BCUT2D eigenvalue weighted by molar-refractivity contribution is 0.222. The van der Waals surface area contributed by atoms with Crippen LogP contribution in [0.25, 0.3) is 166 Å². The fourth-order valence-electron chi connectivity index (χ4n) is 13.9. The maximum atomic E-state index is 10.7. The number of benzene rings is 15. The standard InChI is InChI=1S/C35H27N3O3.C30H23N3O3.C25H19N3O3/c1-20(2)41-35-37-33(36-34(38-35)28-9-4-6-10-29(28)39)27-19-15-22-13-17-25-23(24-8-5-7-11-30(24)40-3)16-12-21-14-18-26(27)32(22)31(21)25;1-3-36-30-32-28(24-15-13-19(35-2)16-27(24)34)31-29(33-30)26-17-25-20-9-5-4-8-18(20)12-14-23(25)21-10-6-7-11-22(21)26;1-30-20-9-10-21(22(29)14-20)24-26-23(27-25(28-24)31-2)18-8-7-17-11-15-5-3-4-6-16(15)12-19(17)13-18/h4-20,39H,1-3H3;4-17,34H,3H2,1-2H3;3-14,29H,1-2H3. The van der Waals surface area contributed by atoms with Crippen LogP contribution in [0.1, 0.15) is 20.8 Å². The first-order valence-corrected chi connectivity index (χ1v) is 35.1. The monoisotopic (exact) mass is 1420 g/mol. The quantitative estimate of drug-likeness (QED) is 0.0639. The molecule has 0 aliphatic heterocycles. The molecule has 0 saturated heterocycles. The Morgan fingerprint density at radius 1 is 0.287 bits per heavy atom. The van der Waals surface area contributed by atoms with E-state index in [2.05, 4.69) is 157 Å². The number of rotatable bonds is 15. The van der Waals surface area contributed by atoms with Crippen molar-refractivity contribution in [3.05, 3.63) is 255 Å². The molecule has 0 radical (unpaired) electrons. The molecule has 0 atom stereocenters. The number of aromatic nitrogens is 9. The Bertz CT molecular complexity index is 6500. The number of phenolic OH excluding ortho intramolecular Hbond substituents is 3. The van der Waals surface area contributed by atoms with Gasteiger partial charge in [-0.3, -0.25) is 0 Å². The number of hydrogen-bond donors (Lipinski definition) is 3. The Morgan fingerprint density at radius 2 is 0.741 bits per heavy atom. The highest BCUT2D eigenvalue weighted by Gasteiger charge is 2.23. The van der Waals surface area contributed by atoms with E-state index in [1.807, 2.05) is 93.6 Å². The summed E-state index contributed by atoms with van der Waals surface area (Å²) in [5.74, 6) is 4.48. The fourth-order valence-corrected chi connectivity index (χ4v) is 13.9. The van der Waals surface area contributed by atoms with Gasteiger partial charge in [-0.15, -0.1) is 0 Å². The van der Waals surface area contributed by atoms with Crippen LogP contribution >= 0.6 is 0 Å². The molecule has 3 heterocycles. The van der Waals surface area contributed by atoms with E-state index in [4.69, 9.17) is 43.4 Å². The summed E-state index contributed by atoms with van der Waals surface area (Å²) in [5, 5.41) is 49.8. The minimum atomic E-state index is -0.128. The van der Waals surface area contributed by atoms with Gasteiger partial charge in [0, 0.05) is 34.4 Å². The van der Waals surface area contributed by atoms with Gasteiger partial charge in [-0.1, -0.05) is 170 Å². The number of aromatic hydroxyl groups is 3. The van der Waals surface area contributed by atoms with Crippen LogP contribution in [-0.2, 0) is 0 Å². The van der Waals surface area contributed by atoms with Crippen molar-refractivity contribution in [3.63, 3.8) is 0 Å². The van der Waals surface area contributed by atoms with Gasteiger partial charge in [0.1, 0.15) is 34.5 Å². The molecule has 18 aromatic rings. The van der Waals surface area contributed by atoms with Crippen LogP contribution in [-0.4, -0.2) is 101 Å². The Balaban J connectivity index is 0.000000125. The first-order chi connectivity index (χ1) is 52.8. The zero-order valence-corrected chi connectivity index (χ0v) is 59.8. The lowest BCUT2D eigenvalue weighted by Crippen LogP contribution is -2.10. The second-order valence-electron chi connectivity index (χ2n) is 25.8. The second-order valence-corrected chi connectivity index (χ2v) is 25.8. The number of ether oxygens (including phenoxy) is 6. The fraction of sp³-hybridized carbons (Fsp3) is 0.100. The number of phenols is 3. The van der Waals surface area contributed by atoms with Crippen molar-refractivity contribution in [2.75, 3.05) is 35.0 Å². The van der Waals surface area contributed by atoms with Crippen molar-refractivity contribution >= 4 is 86.2 Å². The first-order valence-electron chi connectivity index (χ1n) is 35.1. The summed E-state index contributed by atoms with van der Waals surface area (Å²) in [6.45, 7) is 6.14. The summed E-state index contributed by atoms with van der Waals surface area (Å²) in [6.07, 6.45) is -0.128. The molecule has 528 valence electrons. The van der Waals surface area contributed by atoms with Crippen molar-refractivity contribution in [1.82, 2.24) is 44.9 Å². The molecular weight excluding hydrogens is 1350 g/mol. The third kappa shape index (κ3) is 13.2. The van der Waals surface area contributed by atoms with Crippen LogP contribution in [0.5, 0.6) is 52.5 Å². The molecule has 0 bridgehead atoms. The summed E-state index contributed by atoms with van der Waals surface area (Å²) in [4.78, 5) is 41.4. The highest BCUT2D eigenvalue weighted by atomic mass is 16.5. The third-order valence-electron chi connectivity index (χ3n) is 19.0. The molecule has 3 N–H and O–H groups in total. The Kier molecular flexibility index (Phi) is 18.5. The molecular formula is C90H69N9O9. The number of methoxy groups -OCH3 is 4. The SMILES string of the molecule is CCOc1nc(-c2ccc(OC)cc2O)nc(-c2cc3c4ccccc4ccc3c3ccccc23)n1.COc1ccc(-c2nc(OC)nc(-c3ccc4cc5ccccc5cc4c3)n2)c(O)c1.COc1ccccc1-c1ccc2ccc3c(-c4nc(OC(C)C)nc(-c5ccccc5O)n4)ccc4ccc1c2c43. The maximum Gasteiger partial charge on any atom is 0.320 e. The van der Waals surface area contributed by atoms with Gasteiger partial charge in [0.05, 0.1) is 57.8 Å². The maximum absolute atomic E-state index is 10.7. The summed E-state index contributed by atoms with van der Waals surface area (Å²) in [6, 6.07) is 84.6. The van der Waals surface area contributed by atoms with E-state index in [0.29, 0.717) is 69.7 Å². The largest absolute Gasteiger partial charge is 0.507 e. The number of fused-ring (bicyclic) bond motifs is 7. The van der Waals surface area contributed by atoms with Gasteiger partial charge in [-0.2, -0.15) is 29.9 Å². The molecule has 15 aromatic carbocycles. The van der Waals surface area contributed by atoms with E-state index < -0.39 is 0 Å². The summed E-state index contributed by atoms with van der Waals surface area (Å²) >= 11 is 0. The van der Waals surface area contributed by atoms with Crippen LogP contribution < -0.4 is 28.4 Å². The summed E-state index contributed by atoms with van der Waals surface area (Å²) in [5.41, 5.74) is 6.18. The molecule has 0 aliphatic rings. The molecule has 108 heavy (non-hydrogen) atoms. The van der Waals surface area contributed by atoms with Gasteiger partial charge in [0.2, 0.25) is 0 Å². The van der Waals surface area contributed by atoms with Crippen molar-refractivity contribution in [2.24, 2.45) is 0 Å². The zero-order chi connectivity index (χ0) is 74.1. The van der Waals surface area contributed by atoms with Crippen LogP contribution in [0, 0.1) is 0 Å². The van der Waals surface area contributed by atoms with Crippen LogP contribution in [0.15, 0.2) is 255 Å². The minimum absolute atomic E-state index is 0.0170.